The number of rotatable bonds is 6. The Labute approximate surface area is 126 Å². The van der Waals surface area contributed by atoms with Crippen LogP contribution in [0.5, 0.6) is 0 Å². The van der Waals surface area contributed by atoms with Gasteiger partial charge in [-0.3, -0.25) is 4.79 Å². The standard InChI is InChI=1S/C12H23N3O3S2/c1-3-10(11(13)19)20(17,18)14-9(2)12(16)15-7-5-4-6-8-15/h9-10,14H,3-8H2,1-2H3,(H2,13,19). The van der Waals surface area contributed by atoms with Crippen molar-refractivity contribution in [2.75, 3.05) is 13.1 Å². The normalized spacial score (nSPS) is 19.4. The van der Waals surface area contributed by atoms with Crippen LogP contribution in [0.4, 0.5) is 0 Å². The van der Waals surface area contributed by atoms with E-state index in [0.717, 1.165) is 19.3 Å². The van der Waals surface area contributed by atoms with Crippen molar-refractivity contribution in [3.8, 4) is 0 Å². The topological polar surface area (TPSA) is 92.5 Å². The highest BCUT2D eigenvalue weighted by Gasteiger charge is 2.31. The molecule has 0 spiro atoms. The highest BCUT2D eigenvalue weighted by molar-refractivity contribution is 7.93. The van der Waals surface area contributed by atoms with Gasteiger partial charge in [-0.1, -0.05) is 19.1 Å². The molecule has 1 heterocycles. The van der Waals surface area contributed by atoms with Crippen LogP contribution in [0.2, 0.25) is 0 Å². The molecule has 1 rings (SSSR count). The number of nitrogens with one attached hydrogen (secondary N) is 1. The molecule has 2 unspecified atom stereocenters. The van der Waals surface area contributed by atoms with Gasteiger partial charge in [0.25, 0.3) is 0 Å². The van der Waals surface area contributed by atoms with Crippen LogP contribution in [0.25, 0.3) is 0 Å². The molecule has 1 aliphatic rings. The minimum absolute atomic E-state index is 0.0716. The molecule has 1 amide bonds. The molecule has 0 radical (unpaired) electrons. The van der Waals surface area contributed by atoms with Gasteiger partial charge < -0.3 is 10.6 Å². The van der Waals surface area contributed by atoms with Crippen molar-refractivity contribution in [2.24, 2.45) is 5.73 Å². The number of amides is 1. The van der Waals surface area contributed by atoms with Gasteiger partial charge in [-0.2, -0.15) is 0 Å². The summed E-state index contributed by atoms with van der Waals surface area (Å²) >= 11 is 4.77. The first-order valence-corrected chi connectivity index (χ1v) is 8.84. The number of nitrogens with zero attached hydrogens (tertiary/aromatic N) is 1. The van der Waals surface area contributed by atoms with Gasteiger partial charge in [0, 0.05) is 13.1 Å². The monoisotopic (exact) mass is 321 g/mol. The Kier molecular flexibility index (Phi) is 6.35. The zero-order valence-corrected chi connectivity index (χ0v) is 13.6. The number of carbonyl (C=O) groups is 1. The zero-order valence-electron chi connectivity index (χ0n) is 12.0. The quantitative estimate of drug-likeness (QED) is 0.690. The first-order chi connectivity index (χ1) is 9.29. The van der Waals surface area contributed by atoms with E-state index in [1.165, 1.54) is 0 Å². The van der Waals surface area contributed by atoms with Gasteiger partial charge >= 0.3 is 0 Å². The van der Waals surface area contributed by atoms with Crippen molar-refractivity contribution in [3.63, 3.8) is 0 Å². The van der Waals surface area contributed by atoms with Crippen LogP contribution < -0.4 is 10.5 Å². The average Bonchev–Trinajstić information content (AvgIpc) is 2.38. The summed E-state index contributed by atoms with van der Waals surface area (Å²) < 4.78 is 26.7. The molecule has 116 valence electrons. The molecule has 1 saturated heterocycles. The molecule has 0 aromatic carbocycles. The van der Waals surface area contributed by atoms with Gasteiger partial charge in [0.2, 0.25) is 15.9 Å². The third-order valence-electron chi connectivity index (χ3n) is 3.44. The minimum atomic E-state index is -3.72. The zero-order chi connectivity index (χ0) is 15.3. The van der Waals surface area contributed by atoms with Crippen molar-refractivity contribution >= 4 is 33.1 Å². The van der Waals surface area contributed by atoms with E-state index in [4.69, 9.17) is 18.0 Å². The highest BCUT2D eigenvalue weighted by Crippen LogP contribution is 2.11. The van der Waals surface area contributed by atoms with Gasteiger partial charge in [0.1, 0.15) is 5.25 Å². The molecular weight excluding hydrogens is 298 g/mol. The summed E-state index contributed by atoms with van der Waals surface area (Å²) in [6.45, 7) is 4.63. The summed E-state index contributed by atoms with van der Waals surface area (Å²) in [7, 11) is -3.72. The van der Waals surface area contributed by atoms with E-state index >= 15 is 0 Å². The predicted octanol–water partition coefficient (Wildman–Crippen LogP) is 0.372. The van der Waals surface area contributed by atoms with Gasteiger partial charge in [0.15, 0.2) is 0 Å². The predicted molar refractivity (Wildman–Crippen MR) is 82.8 cm³/mol. The number of piperidine rings is 1. The summed E-state index contributed by atoms with van der Waals surface area (Å²) in [5, 5.41) is -0.936. The number of hydrogen-bond donors (Lipinski definition) is 2. The molecule has 8 heteroatoms. The van der Waals surface area contributed by atoms with Crippen LogP contribution in [-0.2, 0) is 14.8 Å². The van der Waals surface area contributed by atoms with E-state index in [2.05, 4.69) is 4.72 Å². The smallest absolute Gasteiger partial charge is 0.240 e. The summed E-state index contributed by atoms with van der Waals surface area (Å²) in [5.74, 6) is -0.189. The van der Waals surface area contributed by atoms with Crippen LogP contribution in [0.15, 0.2) is 0 Å². The van der Waals surface area contributed by atoms with Gasteiger partial charge in [0.05, 0.1) is 11.0 Å². The summed E-state index contributed by atoms with van der Waals surface area (Å²) in [6.07, 6.45) is 3.34. The Morgan fingerprint density at radius 1 is 1.35 bits per heavy atom. The summed E-state index contributed by atoms with van der Waals surface area (Å²) in [6, 6.07) is -0.790. The van der Waals surface area contributed by atoms with Crippen LogP contribution in [0.1, 0.15) is 39.5 Å². The lowest BCUT2D eigenvalue weighted by Gasteiger charge is -2.30. The maximum Gasteiger partial charge on any atom is 0.240 e. The minimum Gasteiger partial charge on any atom is -0.392 e. The lowest BCUT2D eigenvalue weighted by atomic mass is 10.1. The Bertz CT molecular complexity index is 459. The molecule has 0 saturated carbocycles. The molecule has 20 heavy (non-hydrogen) atoms. The number of hydrogen-bond acceptors (Lipinski definition) is 4. The van der Waals surface area contributed by atoms with Crippen molar-refractivity contribution in [2.45, 2.75) is 50.8 Å². The second-order valence-corrected chi connectivity index (χ2v) is 7.44. The van der Waals surface area contributed by atoms with Crippen molar-refractivity contribution in [3.05, 3.63) is 0 Å². The van der Waals surface area contributed by atoms with E-state index < -0.39 is 21.3 Å². The van der Waals surface area contributed by atoms with Crippen LogP contribution >= 0.6 is 12.2 Å². The Balaban J connectivity index is 2.70. The maximum atomic E-state index is 12.2. The van der Waals surface area contributed by atoms with Crippen molar-refractivity contribution in [1.82, 2.24) is 9.62 Å². The lowest BCUT2D eigenvalue weighted by Crippen LogP contribution is -2.52. The molecule has 0 aliphatic carbocycles. The molecule has 2 atom stereocenters. The van der Waals surface area contributed by atoms with Crippen molar-refractivity contribution < 1.29 is 13.2 Å². The second-order valence-electron chi connectivity index (χ2n) is 5.07. The summed E-state index contributed by atoms with van der Waals surface area (Å²) in [4.78, 5) is 13.8. The van der Waals surface area contributed by atoms with E-state index in [0.29, 0.717) is 13.1 Å². The van der Waals surface area contributed by atoms with Gasteiger partial charge in [-0.25, -0.2) is 13.1 Å². The molecule has 3 N–H and O–H groups in total. The number of carbonyl (C=O) groups excluding carboxylic acids is 1. The van der Waals surface area contributed by atoms with E-state index in [-0.39, 0.29) is 17.3 Å². The molecule has 0 bridgehead atoms. The van der Waals surface area contributed by atoms with Gasteiger partial charge in [-0.05, 0) is 32.6 Å². The first-order valence-electron chi connectivity index (χ1n) is 6.88. The average molecular weight is 321 g/mol. The molecule has 0 aromatic heterocycles. The summed E-state index contributed by atoms with van der Waals surface area (Å²) in [5.41, 5.74) is 5.44. The maximum absolute atomic E-state index is 12.2. The third kappa shape index (κ3) is 4.39. The van der Waals surface area contributed by atoms with Crippen LogP contribution in [0, 0.1) is 0 Å². The molecule has 0 aromatic rings. The number of nitrogens with two attached hydrogens (primary N) is 1. The van der Waals surface area contributed by atoms with Gasteiger partial charge in [-0.15, -0.1) is 0 Å². The lowest BCUT2D eigenvalue weighted by molar-refractivity contribution is -0.133. The third-order valence-corrected chi connectivity index (χ3v) is 5.89. The largest absolute Gasteiger partial charge is 0.392 e. The van der Waals surface area contributed by atoms with E-state index in [1.54, 1.807) is 18.7 Å². The Morgan fingerprint density at radius 2 is 1.90 bits per heavy atom. The van der Waals surface area contributed by atoms with E-state index in [9.17, 15) is 13.2 Å². The fourth-order valence-corrected chi connectivity index (χ4v) is 4.39. The number of likely N-dealkylation sites (tertiary alicyclic amines) is 1. The fourth-order valence-electron chi connectivity index (χ4n) is 2.34. The fraction of sp³-hybridized carbons (Fsp3) is 0.833. The Morgan fingerprint density at radius 3 is 2.35 bits per heavy atom. The number of thiocarbonyl (C=S) groups is 1. The molecule has 1 aliphatic heterocycles. The van der Waals surface area contributed by atoms with Crippen molar-refractivity contribution in [1.29, 1.82) is 0 Å². The van der Waals surface area contributed by atoms with Crippen LogP contribution in [0.3, 0.4) is 0 Å². The molecule has 6 nitrogen and oxygen atoms in total. The highest BCUT2D eigenvalue weighted by atomic mass is 32.2. The van der Waals surface area contributed by atoms with E-state index in [1.807, 2.05) is 0 Å². The molecular formula is C12H23N3O3S2. The Hall–Kier alpha value is -0.730. The second kappa shape index (κ2) is 7.33. The van der Waals surface area contributed by atoms with Crippen LogP contribution in [-0.4, -0.2) is 48.6 Å². The number of sulfonamides is 1. The first kappa shape index (κ1) is 17.3. The SMILES string of the molecule is CCC(C(N)=S)S(=O)(=O)NC(C)C(=O)N1CCCCC1. The molecule has 1 fully saturated rings.